The Labute approximate surface area is 62.2 Å². The summed E-state index contributed by atoms with van der Waals surface area (Å²) in [6.45, 7) is 5.45. The summed E-state index contributed by atoms with van der Waals surface area (Å²) in [7, 11) is -3.15. The number of hydrogen-bond donors (Lipinski definition) is 1. The Bertz CT molecular complexity index is 216. The van der Waals surface area contributed by atoms with Gasteiger partial charge in [0.15, 0.2) is 0 Å². The molecule has 0 aliphatic carbocycles. The molecule has 0 aromatic heterocycles. The van der Waals surface area contributed by atoms with Gasteiger partial charge < -0.3 is 0 Å². The molecule has 1 N–H and O–H groups in total. The Hall–Kier alpha value is -0.350. The van der Waals surface area contributed by atoms with Gasteiger partial charge in [0.05, 0.1) is 4.91 Å². The lowest BCUT2D eigenvalue weighted by Gasteiger charge is -2.01. The van der Waals surface area contributed by atoms with Gasteiger partial charge in [-0.15, -0.1) is 0 Å². The molecule has 0 spiro atoms. The number of sulfonamides is 1. The van der Waals surface area contributed by atoms with Crippen molar-refractivity contribution in [3.8, 4) is 0 Å². The molecule has 0 atom stereocenters. The second kappa shape index (κ2) is 3.73. The number of nitrogens with one attached hydrogen (secondary N) is 1. The monoisotopic (exact) mass is 163 g/mol. The number of rotatable bonds is 3. The van der Waals surface area contributed by atoms with Crippen LogP contribution in [0.25, 0.3) is 0 Å². The fraction of sp³-hybridized carbons (Fsp3) is 0.667. The van der Waals surface area contributed by atoms with Gasteiger partial charge in [-0.05, 0) is 13.8 Å². The summed E-state index contributed by atoms with van der Waals surface area (Å²) in [5.41, 5.74) is 0. The van der Waals surface area contributed by atoms with Crippen LogP contribution in [-0.2, 0) is 10.0 Å². The molecular weight excluding hydrogens is 150 g/mol. The highest BCUT2D eigenvalue weighted by molar-refractivity contribution is 7.93. The van der Waals surface area contributed by atoms with Crippen molar-refractivity contribution in [2.75, 3.05) is 6.54 Å². The van der Waals surface area contributed by atoms with Gasteiger partial charge in [0.25, 0.3) is 0 Å². The van der Waals surface area contributed by atoms with E-state index in [1.165, 1.54) is 0 Å². The molecule has 60 valence electrons. The molecule has 0 bridgehead atoms. The zero-order valence-corrected chi connectivity index (χ0v) is 7.33. The quantitative estimate of drug-likeness (QED) is 0.670. The van der Waals surface area contributed by atoms with E-state index in [2.05, 4.69) is 4.72 Å². The van der Waals surface area contributed by atoms with E-state index in [0.717, 1.165) is 0 Å². The van der Waals surface area contributed by atoms with E-state index in [4.69, 9.17) is 0 Å². The minimum Gasteiger partial charge on any atom is -0.212 e. The van der Waals surface area contributed by atoms with Crippen molar-refractivity contribution in [3.63, 3.8) is 0 Å². The Morgan fingerprint density at radius 3 is 2.40 bits per heavy atom. The topological polar surface area (TPSA) is 46.2 Å². The molecule has 0 rings (SSSR count). The number of allylic oxidation sites excluding steroid dienone is 2. The van der Waals surface area contributed by atoms with E-state index in [9.17, 15) is 8.42 Å². The van der Waals surface area contributed by atoms with Crippen LogP contribution in [0.2, 0.25) is 0 Å². The predicted molar refractivity (Wildman–Crippen MR) is 42.0 cm³/mol. The molecule has 0 unspecified atom stereocenters. The van der Waals surface area contributed by atoms with Crippen molar-refractivity contribution < 1.29 is 8.42 Å². The molecule has 0 aliphatic heterocycles. The Morgan fingerprint density at radius 1 is 1.60 bits per heavy atom. The highest BCUT2D eigenvalue weighted by Gasteiger charge is 2.08. The van der Waals surface area contributed by atoms with E-state index >= 15 is 0 Å². The van der Waals surface area contributed by atoms with Gasteiger partial charge in [0, 0.05) is 6.54 Å². The van der Waals surface area contributed by atoms with E-state index in [0.29, 0.717) is 11.4 Å². The molecule has 0 aliphatic rings. The predicted octanol–water partition coefficient (Wildman–Crippen LogP) is 0.849. The lowest BCUT2D eigenvalue weighted by atomic mass is 10.6. The van der Waals surface area contributed by atoms with Crippen LogP contribution in [0.4, 0.5) is 0 Å². The van der Waals surface area contributed by atoms with Crippen LogP contribution in [0, 0.1) is 0 Å². The summed E-state index contributed by atoms with van der Waals surface area (Å²) in [4.78, 5) is 0.370. The normalized spacial score (nSPS) is 13.7. The molecule has 4 heteroatoms. The average Bonchev–Trinajstić information content (AvgIpc) is 1.86. The van der Waals surface area contributed by atoms with Gasteiger partial charge >= 0.3 is 0 Å². The first kappa shape index (κ1) is 9.65. The van der Waals surface area contributed by atoms with Crippen LogP contribution < -0.4 is 4.72 Å². The first-order valence-electron chi connectivity index (χ1n) is 3.17. The van der Waals surface area contributed by atoms with Crippen LogP contribution >= 0.6 is 0 Å². The first-order valence-corrected chi connectivity index (χ1v) is 4.65. The summed E-state index contributed by atoms with van der Waals surface area (Å²) in [5.74, 6) is 0. The smallest absolute Gasteiger partial charge is 0.212 e. The third kappa shape index (κ3) is 2.49. The van der Waals surface area contributed by atoms with Gasteiger partial charge in [-0.25, -0.2) is 13.1 Å². The zero-order chi connectivity index (χ0) is 8.20. The molecule has 0 saturated heterocycles. The fourth-order valence-electron chi connectivity index (χ4n) is 0.459. The van der Waals surface area contributed by atoms with Crippen LogP contribution in [0.5, 0.6) is 0 Å². The Morgan fingerprint density at radius 2 is 2.10 bits per heavy atom. The van der Waals surface area contributed by atoms with Gasteiger partial charge in [0.2, 0.25) is 10.0 Å². The van der Waals surface area contributed by atoms with Gasteiger partial charge in [-0.2, -0.15) is 0 Å². The second-order valence-corrected chi connectivity index (χ2v) is 3.84. The van der Waals surface area contributed by atoms with E-state index in [-0.39, 0.29) is 0 Å². The molecule has 0 aromatic rings. The van der Waals surface area contributed by atoms with Crippen molar-refractivity contribution in [2.45, 2.75) is 20.8 Å². The highest BCUT2D eigenvalue weighted by Crippen LogP contribution is 2.00. The SMILES string of the molecule is CC=C(C)S(=O)(=O)NCC. The lowest BCUT2D eigenvalue weighted by molar-refractivity contribution is 0.590. The summed E-state index contributed by atoms with van der Waals surface area (Å²) < 4.78 is 24.3. The van der Waals surface area contributed by atoms with E-state index < -0.39 is 10.0 Å². The minimum atomic E-state index is -3.15. The summed E-state index contributed by atoms with van der Waals surface area (Å²) in [5, 5.41) is 0. The largest absolute Gasteiger partial charge is 0.236 e. The van der Waals surface area contributed by atoms with Crippen molar-refractivity contribution >= 4 is 10.0 Å². The zero-order valence-electron chi connectivity index (χ0n) is 6.51. The Balaban J connectivity index is 4.43. The second-order valence-electron chi connectivity index (χ2n) is 1.90. The maximum atomic E-state index is 11.0. The van der Waals surface area contributed by atoms with Crippen molar-refractivity contribution in [1.82, 2.24) is 4.72 Å². The summed E-state index contributed by atoms with van der Waals surface area (Å²) in [6, 6.07) is 0. The van der Waals surface area contributed by atoms with E-state index in [1.807, 2.05) is 0 Å². The summed E-state index contributed by atoms with van der Waals surface area (Å²) >= 11 is 0. The van der Waals surface area contributed by atoms with Crippen LogP contribution in [0.1, 0.15) is 20.8 Å². The standard InChI is InChI=1S/C6H13NO2S/c1-4-6(3)10(8,9)7-5-2/h4,7H,5H2,1-3H3. The van der Waals surface area contributed by atoms with Gasteiger partial charge in [0.1, 0.15) is 0 Å². The van der Waals surface area contributed by atoms with Crippen LogP contribution in [0.15, 0.2) is 11.0 Å². The average molecular weight is 163 g/mol. The third-order valence-corrected chi connectivity index (χ3v) is 2.92. The molecule has 0 aromatic carbocycles. The molecule has 0 saturated carbocycles. The molecule has 0 fully saturated rings. The maximum absolute atomic E-state index is 11.0. The number of hydrogen-bond acceptors (Lipinski definition) is 2. The van der Waals surface area contributed by atoms with Gasteiger partial charge in [-0.3, -0.25) is 0 Å². The lowest BCUT2D eigenvalue weighted by Crippen LogP contribution is -2.23. The van der Waals surface area contributed by atoms with Crippen molar-refractivity contribution in [1.29, 1.82) is 0 Å². The summed E-state index contributed by atoms with van der Waals surface area (Å²) in [6.07, 6.45) is 1.57. The molecule has 0 radical (unpaired) electrons. The first-order chi connectivity index (χ1) is 4.54. The van der Waals surface area contributed by atoms with Crippen molar-refractivity contribution in [3.05, 3.63) is 11.0 Å². The maximum Gasteiger partial charge on any atom is 0.236 e. The van der Waals surface area contributed by atoms with Gasteiger partial charge in [-0.1, -0.05) is 13.0 Å². The minimum absolute atomic E-state index is 0.370. The fourth-order valence-corrected chi connectivity index (χ4v) is 1.38. The van der Waals surface area contributed by atoms with Crippen LogP contribution in [-0.4, -0.2) is 15.0 Å². The highest BCUT2D eigenvalue weighted by atomic mass is 32.2. The molecule has 0 heterocycles. The Kier molecular flexibility index (Phi) is 3.60. The van der Waals surface area contributed by atoms with Crippen molar-refractivity contribution in [2.24, 2.45) is 0 Å². The molecular formula is C6H13NO2S. The van der Waals surface area contributed by atoms with Crippen LogP contribution in [0.3, 0.4) is 0 Å². The molecule has 10 heavy (non-hydrogen) atoms. The molecule has 3 nitrogen and oxygen atoms in total. The third-order valence-electron chi connectivity index (χ3n) is 1.16. The van der Waals surface area contributed by atoms with E-state index in [1.54, 1.807) is 26.8 Å². The molecule has 0 amide bonds.